The van der Waals surface area contributed by atoms with E-state index in [-0.39, 0.29) is 28.3 Å². The fourth-order valence-electron chi connectivity index (χ4n) is 7.85. The first-order valence-corrected chi connectivity index (χ1v) is 12.6. The van der Waals surface area contributed by atoms with Crippen LogP contribution in [0.1, 0.15) is 73.6 Å². The molecule has 4 aliphatic carbocycles. The Balaban J connectivity index is 1.48. The lowest BCUT2D eigenvalue weighted by Crippen LogP contribution is -2.53. The minimum absolute atomic E-state index is 0.0941. The van der Waals surface area contributed by atoms with E-state index in [9.17, 15) is 9.90 Å². The number of carbonyl (C=O) groups is 1. The van der Waals surface area contributed by atoms with Crippen LogP contribution in [-0.2, 0) is 9.53 Å². The van der Waals surface area contributed by atoms with Crippen molar-refractivity contribution in [2.75, 3.05) is 0 Å². The number of ether oxygens (including phenoxy) is 1. The van der Waals surface area contributed by atoms with Crippen LogP contribution in [0.3, 0.4) is 0 Å². The standard InChI is InChI=1S/C28H40O3/c1-16(2)17(3)7-8-18(4)21-15-25-28(31-25)22-14-24(30)23-13-19(29)9-11-26(23,5)20(22)10-12-27(21,28)6/h7-8,13-14,16-21,25,29H,9-12,15H2,1-6H3/b8-7+/t17-,18+,19+,20-,21+,25+,26+,27+,28+/m0/s1. The first-order chi connectivity index (χ1) is 14.5. The van der Waals surface area contributed by atoms with Crippen molar-refractivity contribution in [3.05, 3.63) is 35.5 Å². The summed E-state index contributed by atoms with van der Waals surface area (Å²) in [5.74, 6) is 2.85. The number of aliphatic hydroxyl groups is 1. The van der Waals surface area contributed by atoms with Gasteiger partial charge in [-0.15, -0.1) is 0 Å². The van der Waals surface area contributed by atoms with Crippen LogP contribution in [0.25, 0.3) is 0 Å². The molecule has 170 valence electrons. The largest absolute Gasteiger partial charge is 0.389 e. The van der Waals surface area contributed by atoms with Crippen LogP contribution in [0, 0.1) is 40.4 Å². The number of hydrogen-bond donors (Lipinski definition) is 1. The second-order valence-electron chi connectivity index (χ2n) is 12.1. The van der Waals surface area contributed by atoms with E-state index >= 15 is 0 Å². The number of fused-ring (bicyclic) bond motifs is 3. The average Bonchev–Trinajstić information content (AvgIpc) is 3.38. The summed E-state index contributed by atoms with van der Waals surface area (Å²) in [7, 11) is 0. The van der Waals surface area contributed by atoms with Crippen molar-refractivity contribution in [2.45, 2.75) is 91.5 Å². The molecule has 1 saturated heterocycles. The zero-order valence-corrected chi connectivity index (χ0v) is 20.2. The summed E-state index contributed by atoms with van der Waals surface area (Å²) < 4.78 is 6.54. The number of carbonyl (C=O) groups excluding carboxylic acids is 1. The molecule has 0 aromatic rings. The van der Waals surface area contributed by atoms with Crippen molar-refractivity contribution < 1.29 is 14.6 Å². The van der Waals surface area contributed by atoms with Gasteiger partial charge in [-0.1, -0.05) is 53.7 Å². The van der Waals surface area contributed by atoms with Gasteiger partial charge in [0.2, 0.25) is 0 Å². The lowest BCUT2D eigenvalue weighted by atomic mass is 9.49. The zero-order chi connectivity index (χ0) is 22.3. The van der Waals surface area contributed by atoms with E-state index in [1.54, 1.807) is 0 Å². The molecular formula is C28H40O3. The third-order valence-electron chi connectivity index (χ3n) is 10.3. The fourth-order valence-corrected chi connectivity index (χ4v) is 7.85. The van der Waals surface area contributed by atoms with Crippen molar-refractivity contribution >= 4 is 5.78 Å². The maximum Gasteiger partial charge on any atom is 0.182 e. The van der Waals surface area contributed by atoms with Gasteiger partial charge in [0, 0.05) is 16.4 Å². The lowest BCUT2D eigenvalue weighted by molar-refractivity contribution is -0.114. The van der Waals surface area contributed by atoms with Crippen molar-refractivity contribution in [3.63, 3.8) is 0 Å². The second kappa shape index (κ2) is 6.90. The number of hydrogen-bond acceptors (Lipinski definition) is 3. The van der Waals surface area contributed by atoms with E-state index in [0.29, 0.717) is 29.6 Å². The summed E-state index contributed by atoms with van der Waals surface area (Å²) in [5, 5.41) is 10.2. The minimum atomic E-state index is -0.476. The minimum Gasteiger partial charge on any atom is -0.389 e. The van der Waals surface area contributed by atoms with Gasteiger partial charge in [-0.2, -0.15) is 0 Å². The Morgan fingerprint density at radius 1 is 1.13 bits per heavy atom. The van der Waals surface area contributed by atoms with E-state index in [4.69, 9.17) is 4.74 Å². The molecule has 5 aliphatic rings. The van der Waals surface area contributed by atoms with E-state index in [1.165, 1.54) is 5.57 Å². The number of aliphatic hydroxyl groups excluding tert-OH is 1. The van der Waals surface area contributed by atoms with Gasteiger partial charge in [-0.25, -0.2) is 0 Å². The van der Waals surface area contributed by atoms with Crippen LogP contribution in [0.4, 0.5) is 0 Å². The van der Waals surface area contributed by atoms with Crippen molar-refractivity contribution in [3.8, 4) is 0 Å². The SMILES string of the molecule is CC(C)[C@@H](C)/C=C/[C@@H](C)[C@H]1C[C@H]2O[C@]23C2=CC(=O)C4=C[C@H](O)CC[C@]4(C)[C@H]2CC[C@]13C. The highest BCUT2D eigenvalue weighted by Crippen LogP contribution is 2.75. The van der Waals surface area contributed by atoms with E-state index in [0.717, 1.165) is 37.7 Å². The fraction of sp³-hybridized carbons (Fsp3) is 0.750. The summed E-state index contributed by atoms with van der Waals surface area (Å²) >= 11 is 0. The lowest BCUT2D eigenvalue weighted by Gasteiger charge is -2.55. The van der Waals surface area contributed by atoms with Gasteiger partial charge in [0.15, 0.2) is 5.78 Å². The van der Waals surface area contributed by atoms with Gasteiger partial charge in [-0.3, -0.25) is 4.79 Å². The van der Waals surface area contributed by atoms with E-state index in [2.05, 4.69) is 53.7 Å². The molecule has 1 aliphatic heterocycles. The Morgan fingerprint density at radius 2 is 1.87 bits per heavy atom. The molecule has 3 nitrogen and oxygen atoms in total. The molecule has 0 unspecified atom stereocenters. The quantitative estimate of drug-likeness (QED) is 0.469. The first-order valence-electron chi connectivity index (χ1n) is 12.6. The number of allylic oxidation sites excluding steroid dienone is 4. The molecule has 0 aromatic heterocycles. The second-order valence-corrected chi connectivity index (χ2v) is 12.1. The zero-order valence-electron chi connectivity index (χ0n) is 20.2. The molecule has 1 N–H and O–H groups in total. The van der Waals surface area contributed by atoms with Crippen LogP contribution in [0.15, 0.2) is 35.5 Å². The third kappa shape index (κ3) is 2.81. The molecule has 9 atom stereocenters. The van der Waals surface area contributed by atoms with Crippen molar-refractivity contribution in [2.24, 2.45) is 40.4 Å². The van der Waals surface area contributed by atoms with Gasteiger partial charge >= 0.3 is 0 Å². The van der Waals surface area contributed by atoms with Crippen LogP contribution >= 0.6 is 0 Å². The molecule has 0 radical (unpaired) electrons. The predicted octanol–water partition coefficient (Wildman–Crippen LogP) is 5.64. The van der Waals surface area contributed by atoms with Gasteiger partial charge in [-0.05, 0) is 79.4 Å². The number of rotatable bonds is 4. The maximum absolute atomic E-state index is 13.2. The highest BCUT2D eigenvalue weighted by molar-refractivity contribution is 6.07. The Kier molecular flexibility index (Phi) is 4.82. The molecule has 5 rings (SSSR count). The Labute approximate surface area is 188 Å². The van der Waals surface area contributed by atoms with Crippen LogP contribution in [0.2, 0.25) is 0 Å². The molecular weight excluding hydrogens is 384 g/mol. The molecule has 1 spiro atoms. The maximum atomic E-state index is 13.2. The Bertz CT molecular complexity index is 881. The monoisotopic (exact) mass is 424 g/mol. The molecule has 3 heteroatoms. The predicted molar refractivity (Wildman–Crippen MR) is 123 cm³/mol. The molecule has 2 saturated carbocycles. The summed E-state index contributed by atoms with van der Waals surface area (Å²) in [6, 6.07) is 0. The summed E-state index contributed by atoms with van der Waals surface area (Å²) in [5.41, 5.74) is 1.86. The normalized spacial score (nSPS) is 47.8. The molecule has 0 amide bonds. The number of ketones is 1. The van der Waals surface area contributed by atoms with Gasteiger partial charge in [0.25, 0.3) is 0 Å². The topological polar surface area (TPSA) is 49.8 Å². The highest BCUT2D eigenvalue weighted by atomic mass is 16.6. The molecule has 0 bridgehead atoms. The molecule has 1 heterocycles. The van der Waals surface area contributed by atoms with Crippen LogP contribution in [-0.4, -0.2) is 28.7 Å². The van der Waals surface area contributed by atoms with Gasteiger partial charge in [0.1, 0.15) is 5.60 Å². The molecule has 0 aromatic carbocycles. The molecule has 31 heavy (non-hydrogen) atoms. The first kappa shape index (κ1) is 21.6. The van der Waals surface area contributed by atoms with E-state index in [1.807, 2.05) is 12.2 Å². The molecule has 3 fully saturated rings. The smallest absolute Gasteiger partial charge is 0.182 e. The summed E-state index contributed by atoms with van der Waals surface area (Å²) in [6.45, 7) is 14.0. The summed E-state index contributed by atoms with van der Waals surface area (Å²) in [4.78, 5) is 13.2. The Hall–Kier alpha value is -1.19. The average molecular weight is 425 g/mol. The van der Waals surface area contributed by atoms with Gasteiger partial charge in [0.05, 0.1) is 12.2 Å². The number of epoxide rings is 1. The van der Waals surface area contributed by atoms with Crippen LogP contribution < -0.4 is 0 Å². The Morgan fingerprint density at radius 3 is 2.58 bits per heavy atom. The van der Waals surface area contributed by atoms with E-state index < -0.39 is 6.10 Å². The third-order valence-corrected chi connectivity index (χ3v) is 10.3. The van der Waals surface area contributed by atoms with Crippen molar-refractivity contribution in [1.29, 1.82) is 0 Å². The van der Waals surface area contributed by atoms with Crippen LogP contribution in [0.5, 0.6) is 0 Å². The van der Waals surface area contributed by atoms with Gasteiger partial charge < -0.3 is 9.84 Å². The highest BCUT2D eigenvalue weighted by Gasteiger charge is 2.79. The van der Waals surface area contributed by atoms with Crippen molar-refractivity contribution in [1.82, 2.24) is 0 Å². The summed E-state index contributed by atoms with van der Waals surface area (Å²) in [6.07, 6.45) is 13.5.